The minimum absolute atomic E-state index is 0.205. The molecule has 2 aliphatic rings. The van der Waals surface area contributed by atoms with Gasteiger partial charge in [0.25, 0.3) is 0 Å². The summed E-state index contributed by atoms with van der Waals surface area (Å²) in [6.45, 7) is 2.83. The van der Waals surface area contributed by atoms with E-state index < -0.39 is 86.8 Å². The molecule has 0 radical (unpaired) electrons. The van der Waals surface area contributed by atoms with Crippen LogP contribution in [0.5, 0.6) is 0 Å². The molecule has 14 nitrogen and oxygen atoms in total. The Kier molecular flexibility index (Phi) is 48.7. The summed E-state index contributed by atoms with van der Waals surface area (Å²) >= 11 is 0. The zero-order valence-electron chi connectivity index (χ0n) is 51.4. The first-order valence-corrected chi connectivity index (χ1v) is 33.9. The molecule has 0 saturated carbocycles. The topological polar surface area (TPSA) is 228 Å². The fourth-order valence-corrected chi connectivity index (χ4v) is 11.5. The highest BCUT2D eigenvalue weighted by atomic mass is 16.7. The number of ether oxygens (including phenoxy) is 4. The summed E-state index contributed by atoms with van der Waals surface area (Å²) in [6, 6.07) is -0.821. The average molecular weight is 1140 g/mol. The number of carbonyl (C=O) groups excluding carboxylic acids is 1. The molecular weight excluding hydrogens is 1010 g/mol. The number of amides is 1. The summed E-state index contributed by atoms with van der Waals surface area (Å²) in [5.41, 5.74) is 0. The summed E-state index contributed by atoms with van der Waals surface area (Å²) in [5.74, 6) is -0.205. The predicted molar refractivity (Wildman–Crippen MR) is 323 cm³/mol. The Morgan fingerprint density at radius 3 is 1.19 bits per heavy atom. The van der Waals surface area contributed by atoms with Gasteiger partial charge in [0.1, 0.15) is 48.8 Å². The van der Waals surface area contributed by atoms with Gasteiger partial charge in [-0.3, -0.25) is 4.79 Å². The van der Waals surface area contributed by atoms with Crippen molar-refractivity contribution in [3.8, 4) is 0 Å². The van der Waals surface area contributed by atoms with Gasteiger partial charge in [-0.25, -0.2) is 0 Å². The van der Waals surface area contributed by atoms with Crippen molar-refractivity contribution in [3.05, 3.63) is 12.2 Å². The lowest BCUT2D eigenvalue weighted by atomic mass is 9.97. The van der Waals surface area contributed by atoms with E-state index in [0.717, 1.165) is 51.4 Å². The van der Waals surface area contributed by atoms with Gasteiger partial charge in [-0.15, -0.1) is 0 Å². The van der Waals surface area contributed by atoms with E-state index in [4.69, 9.17) is 18.9 Å². The lowest BCUT2D eigenvalue weighted by Crippen LogP contribution is -2.65. The molecule has 2 aliphatic heterocycles. The third-order valence-corrected chi connectivity index (χ3v) is 17.0. The van der Waals surface area contributed by atoms with Gasteiger partial charge in [0, 0.05) is 6.42 Å². The number of hydrogen-bond donors (Lipinski definition) is 9. The molecule has 0 aliphatic carbocycles. The van der Waals surface area contributed by atoms with E-state index in [-0.39, 0.29) is 12.5 Å². The van der Waals surface area contributed by atoms with Crippen molar-refractivity contribution in [3.63, 3.8) is 0 Å². The fraction of sp³-hybridized carbons (Fsp3) is 0.955. The molecule has 0 aromatic rings. The lowest BCUT2D eigenvalue weighted by molar-refractivity contribution is -0.359. The first kappa shape index (κ1) is 74.8. The van der Waals surface area contributed by atoms with E-state index in [0.29, 0.717) is 12.8 Å². The number of allylic oxidation sites excluding steroid dienone is 2. The molecule has 0 spiro atoms. The van der Waals surface area contributed by atoms with Gasteiger partial charge < -0.3 is 65.1 Å². The molecule has 2 saturated heterocycles. The van der Waals surface area contributed by atoms with Crippen molar-refractivity contribution in [2.45, 2.75) is 383 Å². The van der Waals surface area contributed by atoms with Gasteiger partial charge >= 0.3 is 0 Å². The molecule has 2 heterocycles. The van der Waals surface area contributed by atoms with E-state index in [1.54, 1.807) is 0 Å². The van der Waals surface area contributed by atoms with Crippen molar-refractivity contribution in [2.24, 2.45) is 0 Å². The number of carbonyl (C=O) groups is 1. The van der Waals surface area contributed by atoms with Crippen LogP contribution in [0.2, 0.25) is 0 Å². The van der Waals surface area contributed by atoms with Crippen LogP contribution in [0, 0.1) is 0 Å². The van der Waals surface area contributed by atoms with E-state index >= 15 is 0 Å². The third kappa shape index (κ3) is 36.5. The van der Waals surface area contributed by atoms with Crippen LogP contribution >= 0.6 is 0 Å². The molecule has 12 unspecified atom stereocenters. The highest BCUT2D eigenvalue weighted by Gasteiger charge is 2.51. The Bertz CT molecular complexity index is 1390. The molecule has 12 atom stereocenters. The van der Waals surface area contributed by atoms with Crippen molar-refractivity contribution >= 4 is 5.91 Å². The lowest BCUT2D eigenvalue weighted by Gasteiger charge is -2.46. The smallest absolute Gasteiger partial charge is 0.220 e. The summed E-state index contributed by atoms with van der Waals surface area (Å²) < 4.78 is 22.7. The maximum Gasteiger partial charge on any atom is 0.220 e. The van der Waals surface area contributed by atoms with Gasteiger partial charge in [0.15, 0.2) is 12.6 Å². The second-order valence-electron chi connectivity index (χ2n) is 24.3. The van der Waals surface area contributed by atoms with Crippen molar-refractivity contribution in [1.29, 1.82) is 0 Å². The Labute approximate surface area is 488 Å². The van der Waals surface area contributed by atoms with Gasteiger partial charge in [-0.1, -0.05) is 276 Å². The molecule has 0 aromatic carbocycles. The Balaban J connectivity index is 1.47. The molecule has 0 aromatic heterocycles. The maximum absolute atomic E-state index is 13.2. The fourth-order valence-electron chi connectivity index (χ4n) is 11.5. The summed E-state index contributed by atoms with van der Waals surface area (Å²) in [4.78, 5) is 13.2. The second kappa shape index (κ2) is 52.1. The molecule has 9 N–H and O–H groups in total. The highest BCUT2D eigenvalue weighted by molar-refractivity contribution is 5.76. The summed E-state index contributed by atoms with van der Waals surface area (Å²) in [7, 11) is 0. The van der Waals surface area contributed by atoms with E-state index in [9.17, 15) is 45.6 Å². The van der Waals surface area contributed by atoms with Crippen LogP contribution in [0.1, 0.15) is 309 Å². The SMILES string of the molecule is CCCCCCCCCC/C=C\CCCCCCCCCCCCCCCCCCCCCCCCCCCCCC(=O)NC(COC1OC(CO)C(OC2OC(CO)C(O)C(O)C2O)C(O)C1O)C(O)CCCCCCCCC. The average Bonchev–Trinajstić information content (AvgIpc) is 3.48. The normalized spacial score (nSPS) is 24.2. The Morgan fingerprint density at radius 1 is 0.438 bits per heavy atom. The molecule has 2 fully saturated rings. The maximum atomic E-state index is 13.2. The molecule has 14 heteroatoms. The number of hydrogen-bond acceptors (Lipinski definition) is 13. The number of aliphatic hydroxyl groups excluding tert-OH is 8. The van der Waals surface area contributed by atoms with Gasteiger partial charge in [-0.2, -0.15) is 0 Å². The minimum atomic E-state index is -1.78. The molecule has 2 rings (SSSR count). The van der Waals surface area contributed by atoms with Crippen molar-refractivity contribution in [2.75, 3.05) is 19.8 Å². The van der Waals surface area contributed by atoms with E-state index in [1.165, 1.54) is 231 Å². The van der Waals surface area contributed by atoms with Gasteiger partial charge in [0.2, 0.25) is 5.91 Å². The predicted octanol–water partition coefficient (Wildman–Crippen LogP) is 13.0. The standard InChI is InChI=1S/C66H127NO13/c1-3-5-7-9-11-12-13-14-15-16-17-18-19-20-21-22-23-24-25-26-27-28-29-30-31-32-33-34-35-36-37-38-39-40-41-42-44-46-48-50-58(71)67-54(55(70)49-47-45-43-10-8-6-4-2)53-77-65-63(76)61(74)64(57(52-69)79-65)80-66-62(75)60(73)59(72)56(51-68)78-66/h16-17,54-57,59-66,68-70,72-76H,3-15,18-53H2,1-2H3,(H,67,71)/b17-16-. The number of aliphatic hydroxyl groups is 8. The first-order chi connectivity index (χ1) is 39.1. The third-order valence-electron chi connectivity index (χ3n) is 17.0. The monoisotopic (exact) mass is 1140 g/mol. The summed E-state index contributed by atoms with van der Waals surface area (Å²) in [5, 5.41) is 86.9. The number of rotatable bonds is 56. The zero-order valence-corrected chi connectivity index (χ0v) is 51.4. The highest BCUT2D eigenvalue weighted by Crippen LogP contribution is 2.30. The van der Waals surface area contributed by atoms with Crippen LogP contribution < -0.4 is 5.32 Å². The number of unbranched alkanes of at least 4 members (excludes halogenated alkanes) is 41. The Hall–Kier alpha value is -1.27. The molecule has 474 valence electrons. The Morgan fingerprint density at radius 2 is 0.787 bits per heavy atom. The first-order valence-electron chi connectivity index (χ1n) is 33.9. The van der Waals surface area contributed by atoms with Crippen LogP contribution in [-0.4, -0.2) is 140 Å². The molecule has 1 amide bonds. The minimum Gasteiger partial charge on any atom is -0.394 e. The molecule has 0 bridgehead atoms. The molecule has 80 heavy (non-hydrogen) atoms. The zero-order chi connectivity index (χ0) is 58.1. The van der Waals surface area contributed by atoms with Crippen LogP contribution in [0.15, 0.2) is 12.2 Å². The quantitative estimate of drug-likeness (QED) is 0.0204. The van der Waals surface area contributed by atoms with E-state index in [1.807, 2.05) is 0 Å². The second-order valence-corrected chi connectivity index (χ2v) is 24.3. The number of nitrogens with one attached hydrogen (secondary N) is 1. The van der Waals surface area contributed by atoms with Gasteiger partial charge in [-0.05, 0) is 38.5 Å². The van der Waals surface area contributed by atoms with Crippen LogP contribution in [0.25, 0.3) is 0 Å². The van der Waals surface area contributed by atoms with Crippen molar-refractivity contribution in [1.82, 2.24) is 5.32 Å². The van der Waals surface area contributed by atoms with Crippen LogP contribution in [-0.2, 0) is 23.7 Å². The van der Waals surface area contributed by atoms with Crippen molar-refractivity contribution < 1.29 is 64.6 Å². The largest absolute Gasteiger partial charge is 0.394 e. The summed E-state index contributed by atoms with van der Waals surface area (Å²) in [6.07, 6.45) is 46.0. The molecular formula is C66H127NO13. The van der Waals surface area contributed by atoms with E-state index in [2.05, 4.69) is 31.3 Å². The van der Waals surface area contributed by atoms with Crippen LogP contribution in [0.4, 0.5) is 0 Å². The van der Waals surface area contributed by atoms with Crippen LogP contribution in [0.3, 0.4) is 0 Å². The van der Waals surface area contributed by atoms with Gasteiger partial charge in [0.05, 0.1) is 32.0 Å².